The molecule has 0 bridgehead atoms. The van der Waals surface area contributed by atoms with Crippen LogP contribution in [-0.4, -0.2) is 45.8 Å². The first-order valence-electron chi connectivity index (χ1n) is 10.1. The van der Waals surface area contributed by atoms with Gasteiger partial charge in [-0.3, -0.25) is 14.3 Å². The van der Waals surface area contributed by atoms with Crippen molar-refractivity contribution in [3.05, 3.63) is 83.9 Å². The van der Waals surface area contributed by atoms with E-state index in [-0.39, 0.29) is 28.6 Å². The van der Waals surface area contributed by atoms with Crippen LogP contribution >= 0.6 is 0 Å². The predicted molar refractivity (Wildman–Crippen MR) is 127 cm³/mol. The molecule has 3 rings (SSSR count). The summed E-state index contributed by atoms with van der Waals surface area (Å²) in [7, 11) is -1.06. The smallest absolute Gasteiger partial charge is 0.262 e. The van der Waals surface area contributed by atoms with E-state index in [2.05, 4.69) is 10.0 Å². The van der Waals surface area contributed by atoms with Crippen LogP contribution in [0.1, 0.15) is 15.9 Å². The van der Waals surface area contributed by atoms with Crippen LogP contribution in [0.25, 0.3) is 0 Å². The van der Waals surface area contributed by atoms with Crippen LogP contribution in [0.3, 0.4) is 0 Å². The number of sulfonamides is 1. The third kappa shape index (κ3) is 6.11. The van der Waals surface area contributed by atoms with Crippen LogP contribution in [-0.2, 0) is 14.8 Å². The van der Waals surface area contributed by atoms with Crippen LogP contribution in [0.5, 0.6) is 5.75 Å². The molecular formula is C24H25N3O5S. The van der Waals surface area contributed by atoms with Crippen molar-refractivity contribution in [2.45, 2.75) is 11.8 Å². The van der Waals surface area contributed by atoms with E-state index in [1.165, 1.54) is 43.3 Å². The van der Waals surface area contributed by atoms with Crippen molar-refractivity contribution in [1.29, 1.82) is 0 Å². The Kier molecular flexibility index (Phi) is 7.34. The molecule has 0 saturated heterocycles. The Morgan fingerprint density at radius 1 is 0.970 bits per heavy atom. The number of anilines is 2. The van der Waals surface area contributed by atoms with E-state index in [9.17, 15) is 18.0 Å². The number of carbonyl (C=O) groups is 2. The highest BCUT2D eigenvalue weighted by molar-refractivity contribution is 7.92. The molecule has 9 heteroatoms. The first kappa shape index (κ1) is 23.8. The highest BCUT2D eigenvalue weighted by Crippen LogP contribution is 2.26. The fraction of sp³-hybridized carbons (Fsp3) is 0.167. The number of aryl methyl sites for hydroxylation is 1. The van der Waals surface area contributed by atoms with Gasteiger partial charge in [0.05, 0.1) is 24.2 Å². The average Bonchev–Trinajstić information content (AvgIpc) is 2.80. The lowest BCUT2D eigenvalue weighted by atomic mass is 10.2. The molecule has 172 valence electrons. The molecule has 0 saturated carbocycles. The number of rotatable bonds is 8. The highest BCUT2D eigenvalue weighted by Gasteiger charge is 2.20. The number of carbonyl (C=O) groups excluding carboxylic acids is 2. The molecule has 0 atom stereocenters. The van der Waals surface area contributed by atoms with Crippen LogP contribution in [0.2, 0.25) is 0 Å². The summed E-state index contributed by atoms with van der Waals surface area (Å²) in [6, 6.07) is 19.5. The molecule has 0 aromatic heterocycles. The van der Waals surface area contributed by atoms with Crippen LogP contribution in [0.4, 0.5) is 11.4 Å². The second kappa shape index (κ2) is 10.2. The number of amides is 2. The second-order valence-electron chi connectivity index (χ2n) is 7.41. The summed E-state index contributed by atoms with van der Waals surface area (Å²) in [5.41, 5.74) is 2.11. The molecule has 0 aliphatic rings. The van der Waals surface area contributed by atoms with E-state index in [0.29, 0.717) is 11.4 Å². The maximum Gasteiger partial charge on any atom is 0.262 e. The maximum atomic E-state index is 12.9. The zero-order valence-electron chi connectivity index (χ0n) is 18.5. The fourth-order valence-electron chi connectivity index (χ4n) is 3.07. The number of nitrogens with zero attached hydrogens (tertiary/aromatic N) is 1. The van der Waals surface area contributed by atoms with Crippen molar-refractivity contribution in [2.24, 2.45) is 0 Å². The molecule has 0 fully saturated rings. The quantitative estimate of drug-likeness (QED) is 0.528. The lowest BCUT2D eigenvalue weighted by Gasteiger charge is -2.18. The Morgan fingerprint density at radius 2 is 1.67 bits per heavy atom. The molecule has 0 heterocycles. The minimum absolute atomic E-state index is 0.0863. The van der Waals surface area contributed by atoms with Gasteiger partial charge in [-0.15, -0.1) is 0 Å². The Bertz CT molecular complexity index is 1260. The van der Waals surface area contributed by atoms with E-state index in [1.54, 1.807) is 36.4 Å². The standard InChI is InChI=1S/C24H25N3O5S/c1-17-11-13-19(14-12-17)25-23(28)16-27(2)24(29)18-7-6-8-20(15-18)33(30,31)26-21-9-4-5-10-22(21)32-3/h4-15,26H,16H2,1-3H3,(H,25,28). The molecule has 0 radical (unpaired) electrons. The lowest BCUT2D eigenvalue weighted by molar-refractivity contribution is -0.116. The molecule has 3 aromatic rings. The van der Waals surface area contributed by atoms with Crippen molar-refractivity contribution < 1.29 is 22.7 Å². The Hall–Kier alpha value is -3.85. The molecule has 0 aliphatic carbocycles. The minimum atomic E-state index is -3.97. The van der Waals surface area contributed by atoms with Gasteiger partial charge in [-0.1, -0.05) is 35.9 Å². The minimum Gasteiger partial charge on any atom is -0.495 e. The number of nitrogens with one attached hydrogen (secondary N) is 2. The topological polar surface area (TPSA) is 105 Å². The second-order valence-corrected chi connectivity index (χ2v) is 9.09. The number of likely N-dealkylation sites (N-methyl/N-ethyl adjacent to an activating group) is 1. The van der Waals surface area contributed by atoms with Gasteiger partial charge in [-0.2, -0.15) is 0 Å². The van der Waals surface area contributed by atoms with Gasteiger partial charge in [-0.05, 0) is 49.4 Å². The monoisotopic (exact) mass is 467 g/mol. The molecule has 0 spiro atoms. The summed E-state index contributed by atoms with van der Waals surface area (Å²) >= 11 is 0. The summed E-state index contributed by atoms with van der Waals surface area (Å²) in [4.78, 5) is 26.3. The summed E-state index contributed by atoms with van der Waals surface area (Å²) in [6.45, 7) is 1.75. The largest absolute Gasteiger partial charge is 0.495 e. The van der Waals surface area contributed by atoms with Gasteiger partial charge in [0.25, 0.3) is 15.9 Å². The van der Waals surface area contributed by atoms with Gasteiger partial charge in [0.2, 0.25) is 5.91 Å². The number of hydrogen-bond acceptors (Lipinski definition) is 5. The zero-order valence-corrected chi connectivity index (χ0v) is 19.3. The molecule has 8 nitrogen and oxygen atoms in total. The lowest BCUT2D eigenvalue weighted by Crippen LogP contribution is -2.35. The van der Waals surface area contributed by atoms with Crippen LogP contribution in [0.15, 0.2) is 77.7 Å². The third-order valence-electron chi connectivity index (χ3n) is 4.81. The highest BCUT2D eigenvalue weighted by atomic mass is 32.2. The molecule has 33 heavy (non-hydrogen) atoms. The first-order valence-corrected chi connectivity index (χ1v) is 11.6. The summed E-state index contributed by atoms with van der Waals surface area (Å²) in [6.07, 6.45) is 0. The molecule has 0 unspecified atom stereocenters. The van der Waals surface area contributed by atoms with Gasteiger partial charge in [0.15, 0.2) is 0 Å². The summed E-state index contributed by atoms with van der Waals surface area (Å²) < 4.78 is 33.4. The van der Waals surface area contributed by atoms with E-state index in [1.807, 2.05) is 19.1 Å². The van der Waals surface area contributed by atoms with E-state index in [4.69, 9.17) is 4.74 Å². The number of methoxy groups -OCH3 is 1. The van der Waals surface area contributed by atoms with Gasteiger partial charge < -0.3 is 15.0 Å². The van der Waals surface area contributed by atoms with Gasteiger partial charge in [-0.25, -0.2) is 8.42 Å². The molecule has 3 aromatic carbocycles. The van der Waals surface area contributed by atoms with Crippen molar-refractivity contribution in [3.8, 4) is 5.75 Å². The van der Waals surface area contributed by atoms with Crippen molar-refractivity contribution in [1.82, 2.24) is 4.90 Å². The third-order valence-corrected chi connectivity index (χ3v) is 6.17. The summed E-state index contributed by atoms with van der Waals surface area (Å²) in [5.74, 6) is -0.479. The van der Waals surface area contributed by atoms with Crippen molar-refractivity contribution >= 4 is 33.2 Å². The average molecular weight is 468 g/mol. The number of benzene rings is 3. The summed E-state index contributed by atoms with van der Waals surface area (Å²) in [5, 5.41) is 2.73. The first-order chi connectivity index (χ1) is 15.7. The van der Waals surface area contributed by atoms with Crippen LogP contribution in [0, 0.1) is 6.92 Å². The van der Waals surface area contributed by atoms with Gasteiger partial charge >= 0.3 is 0 Å². The Labute approximate surface area is 193 Å². The SMILES string of the molecule is COc1ccccc1NS(=O)(=O)c1cccc(C(=O)N(C)CC(=O)Nc2ccc(C)cc2)c1. The van der Waals surface area contributed by atoms with E-state index >= 15 is 0 Å². The predicted octanol–water partition coefficient (Wildman–Crippen LogP) is 3.52. The van der Waals surface area contributed by atoms with Crippen molar-refractivity contribution in [2.75, 3.05) is 30.7 Å². The van der Waals surface area contributed by atoms with Gasteiger partial charge in [0.1, 0.15) is 5.75 Å². The Morgan fingerprint density at radius 3 is 2.36 bits per heavy atom. The zero-order chi connectivity index (χ0) is 24.0. The van der Waals surface area contributed by atoms with E-state index < -0.39 is 15.9 Å². The normalized spacial score (nSPS) is 10.9. The number of para-hydroxylation sites is 2. The number of hydrogen-bond donors (Lipinski definition) is 2. The van der Waals surface area contributed by atoms with Gasteiger partial charge in [0, 0.05) is 18.3 Å². The molecule has 2 N–H and O–H groups in total. The van der Waals surface area contributed by atoms with Crippen molar-refractivity contribution in [3.63, 3.8) is 0 Å². The Balaban J connectivity index is 1.71. The maximum absolute atomic E-state index is 12.9. The molecular weight excluding hydrogens is 442 g/mol. The molecule has 2 amide bonds. The van der Waals surface area contributed by atoms with Crippen LogP contribution < -0.4 is 14.8 Å². The van der Waals surface area contributed by atoms with E-state index in [0.717, 1.165) is 5.56 Å². The number of ether oxygens (including phenoxy) is 1. The fourth-order valence-corrected chi connectivity index (χ4v) is 4.19. The molecule has 0 aliphatic heterocycles.